The van der Waals surface area contributed by atoms with Gasteiger partial charge in [-0.15, -0.1) is 0 Å². The summed E-state index contributed by atoms with van der Waals surface area (Å²) in [6, 6.07) is 13.6. The van der Waals surface area contributed by atoms with E-state index in [-0.39, 0.29) is 17.9 Å². The van der Waals surface area contributed by atoms with Crippen LogP contribution in [0.2, 0.25) is 0 Å². The number of hydrogen-bond acceptors (Lipinski definition) is 5. The van der Waals surface area contributed by atoms with Crippen molar-refractivity contribution in [3.05, 3.63) is 59.7 Å². The zero-order valence-electron chi connectivity index (χ0n) is 16.5. The van der Waals surface area contributed by atoms with Crippen LogP contribution in [-0.2, 0) is 4.79 Å². The summed E-state index contributed by atoms with van der Waals surface area (Å²) in [5.74, 6) is 0.285. The zero-order chi connectivity index (χ0) is 20.8. The van der Waals surface area contributed by atoms with Crippen LogP contribution in [0.3, 0.4) is 0 Å². The molecule has 2 aromatic carbocycles. The Morgan fingerprint density at radius 2 is 1.59 bits per heavy atom. The second kappa shape index (κ2) is 9.23. The van der Waals surface area contributed by atoms with Crippen LogP contribution in [0.25, 0.3) is 0 Å². The first-order valence-corrected chi connectivity index (χ1v) is 9.49. The van der Waals surface area contributed by atoms with Gasteiger partial charge in [-0.3, -0.25) is 14.4 Å². The molecule has 1 aliphatic heterocycles. The molecule has 7 heteroatoms. The number of benzene rings is 2. The molecule has 29 heavy (non-hydrogen) atoms. The summed E-state index contributed by atoms with van der Waals surface area (Å²) < 4.78 is 10.2. The molecule has 1 fully saturated rings. The van der Waals surface area contributed by atoms with Gasteiger partial charge in [-0.25, -0.2) is 0 Å². The lowest BCUT2D eigenvalue weighted by Crippen LogP contribution is -2.46. The monoisotopic (exact) mass is 396 g/mol. The molecule has 1 N–H and O–H groups in total. The zero-order valence-corrected chi connectivity index (χ0v) is 16.5. The second-order valence-corrected chi connectivity index (χ2v) is 6.89. The number of rotatable bonds is 5. The molecule has 0 saturated carbocycles. The highest BCUT2D eigenvalue weighted by Crippen LogP contribution is 2.19. The van der Waals surface area contributed by atoms with E-state index >= 15 is 0 Å². The third kappa shape index (κ3) is 5.34. The number of nitrogens with zero attached hydrogens (tertiary/aromatic N) is 1. The van der Waals surface area contributed by atoms with E-state index in [0.717, 1.165) is 0 Å². The van der Waals surface area contributed by atoms with Crippen LogP contribution in [0, 0.1) is 0 Å². The molecule has 1 saturated heterocycles. The highest BCUT2D eigenvalue weighted by atomic mass is 16.5. The van der Waals surface area contributed by atoms with Crippen molar-refractivity contribution in [2.75, 3.05) is 20.2 Å². The molecule has 7 nitrogen and oxygen atoms in total. The Morgan fingerprint density at radius 1 is 0.966 bits per heavy atom. The van der Waals surface area contributed by atoms with Crippen LogP contribution in [0.5, 0.6) is 11.5 Å². The Kier molecular flexibility index (Phi) is 6.49. The normalized spacial score (nSPS) is 14.2. The maximum Gasteiger partial charge on any atom is 0.308 e. The standard InChI is InChI=1S/C22H24N2O5/c1-15(25)29-20-8-3-5-16(13-20)21(26)23-18-9-11-24(12-10-18)22(27)17-6-4-7-19(14-17)28-2/h3-8,13-14,18H,9-12H2,1-2H3,(H,23,26). The van der Waals surface area contributed by atoms with Gasteiger partial charge in [0.15, 0.2) is 0 Å². The van der Waals surface area contributed by atoms with E-state index in [9.17, 15) is 14.4 Å². The molecular weight excluding hydrogens is 372 g/mol. The van der Waals surface area contributed by atoms with E-state index in [4.69, 9.17) is 9.47 Å². The maximum atomic E-state index is 12.7. The molecule has 152 valence electrons. The molecule has 1 aliphatic rings. The fourth-order valence-electron chi connectivity index (χ4n) is 3.30. The number of methoxy groups -OCH3 is 1. The van der Waals surface area contributed by atoms with Crippen molar-refractivity contribution in [1.82, 2.24) is 10.2 Å². The van der Waals surface area contributed by atoms with Crippen molar-refractivity contribution >= 4 is 17.8 Å². The number of piperidine rings is 1. The SMILES string of the molecule is COc1cccc(C(=O)N2CCC(NC(=O)c3cccc(OC(C)=O)c3)CC2)c1. The predicted molar refractivity (Wildman–Crippen MR) is 107 cm³/mol. The minimum Gasteiger partial charge on any atom is -0.497 e. The van der Waals surface area contributed by atoms with Crippen molar-refractivity contribution in [2.45, 2.75) is 25.8 Å². The maximum absolute atomic E-state index is 12.7. The first-order valence-electron chi connectivity index (χ1n) is 9.49. The number of esters is 1. The minimum absolute atomic E-state index is 0.0192. The highest BCUT2D eigenvalue weighted by molar-refractivity contribution is 5.95. The van der Waals surface area contributed by atoms with Crippen LogP contribution in [0.15, 0.2) is 48.5 Å². The summed E-state index contributed by atoms with van der Waals surface area (Å²) in [5, 5.41) is 3.00. The van der Waals surface area contributed by atoms with E-state index in [0.29, 0.717) is 48.6 Å². The number of carbonyl (C=O) groups is 3. The molecule has 2 amide bonds. The lowest BCUT2D eigenvalue weighted by atomic mass is 10.0. The van der Waals surface area contributed by atoms with Gasteiger partial charge in [-0.05, 0) is 49.2 Å². The molecule has 0 radical (unpaired) electrons. The van der Waals surface area contributed by atoms with Crippen LogP contribution in [0.1, 0.15) is 40.5 Å². The molecule has 0 spiro atoms. The molecule has 0 unspecified atom stereocenters. The van der Waals surface area contributed by atoms with Gasteiger partial charge < -0.3 is 19.7 Å². The van der Waals surface area contributed by atoms with Gasteiger partial charge >= 0.3 is 5.97 Å². The summed E-state index contributed by atoms with van der Waals surface area (Å²) in [5.41, 5.74) is 1.02. The van der Waals surface area contributed by atoms with Gasteiger partial charge in [0.25, 0.3) is 11.8 Å². The summed E-state index contributed by atoms with van der Waals surface area (Å²) in [6.45, 7) is 2.44. The van der Waals surface area contributed by atoms with Gasteiger partial charge in [0.2, 0.25) is 0 Å². The van der Waals surface area contributed by atoms with Crippen molar-refractivity contribution in [2.24, 2.45) is 0 Å². The topological polar surface area (TPSA) is 84.9 Å². The molecule has 0 atom stereocenters. The van der Waals surface area contributed by atoms with E-state index in [1.54, 1.807) is 54.5 Å². The Bertz CT molecular complexity index is 904. The van der Waals surface area contributed by atoms with Gasteiger partial charge in [0.05, 0.1) is 7.11 Å². The molecule has 0 aromatic heterocycles. The number of likely N-dealkylation sites (tertiary alicyclic amines) is 1. The van der Waals surface area contributed by atoms with E-state index in [1.807, 2.05) is 0 Å². The van der Waals surface area contributed by atoms with Crippen LogP contribution >= 0.6 is 0 Å². The molecule has 0 aliphatic carbocycles. The first kappa shape index (κ1) is 20.4. The number of ether oxygens (including phenoxy) is 2. The van der Waals surface area contributed by atoms with E-state index < -0.39 is 5.97 Å². The van der Waals surface area contributed by atoms with Gasteiger partial charge in [-0.2, -0.15) is 0 Å². The van der Waals surface area contributed by atoms with Gasteiger partial charge in [-0.1, -0.05) is 12.1 Å². The fourth-order valence-corrected chi connectivity index (χ4v) is 3.30. The Hall–Kier alpha value is -3.35. The minimum atomic E-state index is -0.435. The first-order chi connectivity index (χ1) is 14.0. The van der Waals surface area contributed by atoms with Crippen LogP contribution < -0.4 is 14.8 Å². The Morgan fingerprint density at radius 3 is 2.24 bits per heavy atom. The predicted octanol–water partition coefficient (Wildman–Crippen LogP) is 2.66. The third-order valence-corrected chi connectivity index (χ3v) is 4.79. The summed E-state index contributed by atoms with van der Waals surface area (Å²) >= 11 is 0. The number of hydrogen-bond donors (Lipinski definition) is 1. The van der Waals surface area contributed by atoms with Crippen molar-refractivity contribution in [1.29, 1.82) is 0 Å². The highest BCUT2D eigenvalue weighted by Gasteiger charge is 2.25. The Labute approximate surface area is 169 Å². The second-order valence-electron chi connectivity index (χ2n) is 6.89. The van der Waals surface area contributed by atoms with E-state index in [1.165, 1.54) is 13.0 Å². The smallest absolute Gasteiger partial charge is 0.308 e. The molecule has 0 bridgehead atoms. The average molecular weight is 396 g/mol. The summed E-state index contributed by atoms with van der Waals surface area (Å²) in [4.78, 5) is 38.1. The van der Waals surface area contributed by atoms with Crippen molar-refractivity contribution in [3.8, 4) is 11.5 Å². The molecule has 3 rings (SSSR count). The quantitative estimate of drug-likeness (QED) is 0.620. The third-order valence-electron chi connectivity index (χ3n) is 4.79. The fraction of sp³-hybridized carbons (Fsp3) is 0.318. The number of amides is 2. The van der Waals surface area contributed by atoms with Crippen LogP contribution in [-0.4, -0.2) is 48.9 Å². The lowest BCUT2D eigenvalue weighted by Gasteiger charge is -2.32. The lowest BCUT2D eigenvalue weighted by molar-refractivity contribution is -0.131. The summed E-state index contributed by atoms with van der Waals surface area (Å²) in [7, 11) is 1.57. The van der Waals surface area contributed by atoms with Crippen molar-refractivity contribution < 1.29 is 23.9 Å². The molecular formula is C22H24N2O5. The molecule has 2 aromatic rings. The molecule has 1 heterocycles. The van der Waals surface area contributed by atoms with E-state index in [2.05, 4.69) is 5.32 Å². The Balaban J connectivity index is 1.55. The largest absolute Gasteiger partial charge is 0.497 e. The van der Waals surface area contributed by atoms with Crippen LogP contribution in [0.4, 0.5) is 0 Å². The summed E-state index contributed by atoms with van der Waals surface area (Å²) in [6.07, 6.45) is 1.34. The number of nitrogens with one attached hydrogen (secondary N) is 1. The van der Waals surface area contributed by atoms with Crippen molar-refractivity contribution in [3.63, 3.8) is 0 Å². The average Bonchev–Trinajstić information content (AvgIpc) is 2.73. The van der Waals surface area contributed by atoms with Gasteiger partial charge in [0.1, 0.15) is 11.5 Å². The number of carbonyl (C=O) groups excluding carboxylic acids is 3. The van der Waals surface area contributed by atoms with Gasteiger partial charge in [0, 0.05) is 37.2 Å².